The third kappa shape index (κ3) is 4.20. The summed E-state index contributed by atoms with van der Waals surface area (Å²) in [6.45, 7) is 5.51. The number of anilines is 1. The van der Waals surface area contributed by atoms with Gasteiger partial charge >= 0.3 is 5.97 Å². The van der Waals surface area contributed by atoms with E-state index in [1.165, 1.54) is 17.4 Å². The van der Waals surface area contributed by atoms with Crippen molar-refractivity contribution in [3.05, 3.63) is 64.0 Å². The number of aryl methyl sites for hydroxylation is 3. The van der Waals surface area contributed by atoms with Gasteiger partial charge in [-0.1, -0.05) is 17.7 Å². The second-order valence-corrected chi connectivity index (χ2v) is 9.14. The molecule has 0 fully saturated rings. The standard InChI is InChI=1S/C20H19NO4S2/c1-12-8-13(2)20(14(3)9-12)27(24,25)21-16-4-6-18-15(10-16)11-17(26-18)5-7-19(22)23/h4-11,21H,1-3H3,(H,22,23). The first-order valence-electron chi connectivity index (χ1n) is 8.21. The van der Waals surface area contributed by atoms with Crippen molar-refractivity contribution in [1.82, 2.24) is 0 Å². The van der Waals surface area contributed by atoms with Crippen LogP contribution in [0.25, 0.3) is 16.2 Å². The molecule has 0 unspecified atom stereocenters. The summed E-state index contributed by atoms with van der Waals surface area (Å²) < 4.78 is 29.4. The van der Waals surface area contributed by atoms with E-state index in [0.717, 1.165) is 26.6 Å². The number of hydrogen-bond donors (Lipinski definition) is 2. The van der Waals surface area contributed by atoms with Crippen LogP contribution in [0.2, 0.25) is 0 Å². The lowest BCUT2D eigenvalue weighted by Gasteiger charge is -2.14. The third-order valence-electron chi connectivity index (χ3n) is 4.05. The Morgan fingerprint density at radius 2 is 1.74 bits per heavy atom. The predicted molar refractivity (Wildman–Crippen MR) is 110 cm³/mol. The molecule has 0 amide bonds. The number of aliphatic carboxylic acids is 1. The van der Waals surface area contributed by atoms with Gasteiger partial charge in [0.15, 0.2) is 0 Å². The predicted octanol–water partition coefficient (Wildman–Crippen LogP) is 4.73. The molecule has 0 bridgehead atoms. The van der Waals surface area contributed by atoms with Crippen LogP contribution in [0.3, 0.4) is 0 Å². The van der Waals surface area contributed by atoms with Gasteiger partial charge in [0.2, 0.25) is 0 Å². The maximum atomic E-state index is 12.9. The Morgan fingerprint density at radius 1 is 1.07 bits per heavy atom. The van der Waals surface area contributed by atoms with E-state index in [2.05, 4.69) is 4.72 Å². The molecule has 0 radical (unpaired) electrons. The zero-order valence-corrected chi connectivity index (χ0v) is 16.7. The highest BCUT2D eigenvalue weighted by Crippen LogP contribution is 2.30. The molecule has 0 spiro atoms. The third-order valence-corrected chi connectivity index (χ3v) is 6.82. The van der Waals surface area contributed by atoms with E-state index in [-0.39, 0.29) is 0 Å². The minimum atomic E-state index is -3.71. The normalized spacial score (nSPS) is 12.0. The smallest absolute Gasteiger partial charge is 0.328 e. The van der Waals surface area contributed by atoms with Crippen LogP contribution in [-0.4, -0.2) is 19.5 Å². The summed E-state index contributed by atoms with van der Waals surface area (Å²) in [7, 11) is -3.71. The zero-order chi connectivity index (χ0) is 19.8. The van der Waals surface area contributed by atoms with Crippen molar-refractivity contribution in [3.8, 4) is 0 Å². The number of sulfonamides is 1. The van der Waals surface area contributed by atoms with Crippen molar-refractivity contribution < 1.29 is 18.3 Å². The molecule has 1 aromatic heterocycles. The Balaban J connectivity index is 1.95. The first kappa shape index (κ1) is 19.1. The van der Waals surface area contributed by atoms with E-state index in [9.17, 15) is 13.2 Å². The fourth-order valence-corrected chi connectivity index (χ4v) is 5.61. The van der Waals surface area contributed by atoms with Crippen LogP contribution in [0, 0.1) is 20.8 Å². The van der Waals surface area contributed by atoms with Crippen LogP contribution >= 0.6 is 11.3 Å². The molecule has 140 valence electrons. The van der Waals surface area contributed by atoms with Crippen molar-refractivity contribution >= 4 is 49.2 Å². The Labute approximate surface area is 162 Å². The minimum Gasteiger partial charge on any atom is -0.478 e. The number of thiophene rings is 1. The van der Waals surface area contributed by atoms with Gasteiger partial charge in [0.25, 0.3) is 10.0 Å². The number of benzene rings is 2. The van der Waals surface area contributed by atoms with Crippen LogP contribution in [0.4, 0.5) is 5.69 Å². The van der Waals surface area contributed by atoms with Gasteiger partial charge in [-0.25, -0.2) is 13.2 Å². The van der Waals surface area contributed by atoms with Crippen LogP contribution in [0.1, 0.15) is 21.6 Å². The largest absolute Gasteiger partial charge is 0.478 e. The molecule has 0 saturated heterocycles. The van der Waals surface area contributed by atoms with Gasteiger partial charge in [-0.05, 0) is 67.6 Å². The topological polar surface area (TPSA) is 83.5 Å². The van der Waals surface area contributed by atoms with Gasteiger partial charge in [0, 0.05) is 21.3 Å². The lowest BCUT2D eigenvalue weighted by atomic mass is 10.1. The van der Waals surface area contributed by atoms with E-state index in [1.54, 1.807) is 26.0 Å². The summed E-state index contributed by atoms with van der Waals surface area (Å²) in [6.07, 6.45) is 2.60. The summed E-state index contributed by atoms with van der Waals surface area (Å²) >= 11 is 1.44. The second-order valence-electron chi connectivity index (χ2n) is 6.41. The van der Waals surface area contributed by atoms with E-state index >= 15 is 0 Å². The van der Waals surface area contributed by atoms with Gasteiger partial charge < -0.3 is 5.11 Å². The van der Waals surface area contributed by atoms with E-state index in [1.807, 2.05) is 31.2 Å². The summed E-state index contributed by atoms with van der Waals surface area (Å²) in [4.78, 5) is 11.7. The maximum absolute atomic E-state index is 12.9. The highest BCUT2D eigenvalue weighted by Gasteiger charge is 2.20. The van der Waals surface area contributed by atoms with Crippen molar-refractivity contribution in [2.24, 2.45) is 0 Å². The quantitative estimate of drug-likeness (QED) is 0.606. The highest BCUT2D eigenvalue weighted by atomic mass is 32.2. The highest BCUT2D eigenvalue weighted by molar-refractivity contribution is 7.92. The molecule has 0 aliphatic heterocycles. The second kappa shape index (κ2) is 7.17. The van der Waals surface area contributed by atoms with Crippen molar-refractivity contribution in [2.45, 2.75) is 25.7 Å². The zero-order valence-electron chi connectivity index (χ0n) is 15.1. The van der Waals surface area contributed by atoms with Crippen LogP contribution in [0.5, 0.6) is 0 Å². The SMILES string of the molecule is Cc1cc(C)c(S(=O)(=O)Nc2ccc3sc(C=CC(=O)O)cc3c2)c(C)c1. The summed E-state index contributed by atoms with van der Waals surface area (Å²) in [5.74, 6) is -1.01. The molecule has 5 nitrogen and oxygen atoms in total. The van der Waals surface area contributed by atoms with Crippen LogP contribution in [-0.2, 0) is 14.8 Å². The Hall–Kier alpha value is -2.64. The molecule has 0 saturated carbocycles. The fourth-order valence-electron chi connectivity index (χ4n) is 3.16. The molecule has 3 rings (SSSR count). The number of hydrogen-bond acceptors (Lipinski definition) is 4. The fraction of sp³-hybridized carbons (Fsp3) is 0.150. The van der Waals surface area contributed by atoms with Crippen LogP contribution in [0.15, 0.2) is 47.4 Å². The lowest BCUT2D eigenvalue weighted by Crippen LogP contribution is -2.15. The molecule has 3 aromatic rings. The molecule has 1 heterocycles. The monoisotopic (exact) mass is 401 g/mol. The number of carbonyl (C=O) groups is 1. The Bertz CT molecular complexity index is 1150. The van der Waals surface area contributed by atoms with E-state index in [0.29, 0.717) is 21.7 Å². The van der Waals surface area contributed by atoms with Gasteiger partial charge in [-0.3, -0.25) is 4.72 Å². The molecule has 27 heavy (non-hydrogen) atoms. The lowest BCUT2D eigenvalue weighted by molar-refractivity contribution is -0.131. The number of rotatable bonds is 5. The van der Waals surface area contributed by atoms with Crippen molar-refractivity contribution in [1.29, 1.82) is 0 Å². The molecule has 2 aromatic carbocycles. The first-order chi connectivity index (χ1) is 12.7. The molecular weight excluding hydrogens is 382 g/mol. The molecule has 0 aliphatic carbocycles. The van der Waals surface area contributed by atoms with Gasteiger partial charge in [-0.15, -0.1) is 11.3 Å². The summed E-state index contributed by atoms with van der Waals surface area (Å²) in [5, 5.41) is 9.58. The number of nitrogens with one attached hydrogen (secondary N) is 1. The molecule has 0 aliphatic rings. The summed E-state index contributed by atoms with van der Waals surface area (Å²) in [5.41, 5.74) is 2.90. The molecule has 7 heteroatoms. The molecular formula is C20H19NO4S2. The minimum absolute atomic E-state index is 0.295. The Morgan fingerprint density at radius 3 is 2.37 bits per heavy atom. The first-order valence-corrected chi connectivity index (χ1v) is 10.5. The molecule has 2 N–H and O–H groups in total. The maximum Gasteiger partial charge on any atom is 0.328 e. The van der Waals surface area contributed by atoms with E-state index < -0.39 is 16.0 Å². The Kier molecular flexibility index (Phi) is 5.08. The number of fused-ring (bicyclic) bond motifs is 1. The number of carboxylic acid groups (broad SMARTS) is 1. The van der Waals surface area contributed by atoms with Gasteiger partial charge in [0.1, 0.15) is 0 Å². The van der Waals surface area contributed by atoms with Gasteiger partial charge in [-0.2, -0.15) is 0 Å². The molecule has 0 atom stereocenters. The van der Waals surface area contributed by atoms with Gasteiger partial charge in [0.05, 0.1) is 4.90 Å². The van der Waals surface area contributed by atoms with Crippen molar-refractivity contribution in [2.75, 3.05) is 4.72 Å². The van der Waals surface area contributed by atoms with Crippen LogP contribution < -0.4 is 4.72 Å². The average molecular weight is 402 g/mol. The summed E-state index contributed by atoms with van der Waals surface area (Å²) in [6, 6.07) is 10.8. The van der Waals surface area contributed by atoms with E-state index in [4.69, 9.17) is 5.11 Å². The number of carboxylic acids is 1. The average Bonchev–Trinajstić information content (AvgIpc) is 2.93. The van der Waals surface area contributed by atoms with Crippen molar-refractivity contribution in [3.63, 3.8) is 0 Å².